The lowest BCUT2D eigenvalue weighted by Gasteiger charge is -2.10. The molecule has 0 aliphatic heterocycles. The van der Waals surface area contributed by atoms with E-state index in [1.54, 1.807) is 5.38 Å². The van der Waals surface area contributed by atoms with Crippen LogP contribution in [0.25, 0.3) is 0 Å². The van der Waals surface area contributed by atoms with Crippen LogP contribution in [0.3, 0.4) is 0 Å². The fourth-order valence-corrected chi connectivity index (χ4v) is 3.93. The third kappa shape index (κ3) is 4.28. The highest BCUT2D eigenvalue weighted by Crippen LogP contribution is 2.21. The van der Waals surface area contributed by atoms with E-state index < -0.39 is 10.0 Å². The SMILES string of the molecule is CCOCc1ccccc1CNS(=O)(=O)c1cc(N)cs1. The Morgan fingerprint density at radius 1 is 1.29 bits per heavy atom. The van der Waals surface area contributed by atoms with Crippen LogP contribution in [0.2, 0.25) is 0 Å². The second-order valence-corrected chi connectivity index (χ2v) is 7.33. The molecule has 2 aromatic rings. The van der Waals surface area contributed by atoms with Gasteiger partial charge in [-0.3, -0.25) is 0 Å². The molecule has 5 nitrogen and oxygen atoms in total. The first-order valence-electron chi connectivity index (χ1n) is 6.51. The van der Waals surface area contributed by atoms with Crippen LogP contribution in [-0.4, -0.2) is 15.0 Å². The molecule has 2 rings (SSSR count). The number of rotatable bonds is 7. The minimum Gasteiger partial charge on any atom is -0.398 e. The predicted molar refractivity (Wildman–Crippen MR) is 84.5 cm³/mol. The van der Waals surface area contributed by atoms with Crippen molar-refractivity contribution in [2.24, 2.45) is 0 Å². The van der Waals surface area contributed by atoms with Crippen LogP contribution in [0.5, 0.6) is 0 Å². The van der Waals surface area contributed by atoms with Gasteiger partial charge in [0, 0.05) is 24.2 Å². The summed E-state index contributed by atoms with van der Waals surface area (Å²) in [6.45, 7) is 3.24. The average Bonchev–Trinajstić information content (AvgIpc) is 2.91. The molecule has 0 aliphatic rings. The molecular formula is C14H18N2O3S2. The van der Waals surface area contributed by atoms with Gasteiger partial charge in [0.25, 0.3) is 0 Å². The smallest absolute Gasteiger partial charge is 0.250 e. The fraction of sp³-hybridized carbons (Fsp3) is 0.286. The number of thiophene rings is 1. The van der Waals surface area contributed by atoms with E-state index in [9.17, 15) is 8.42 Å². The lowest BCUT2D eigenvalue weighted by Crippen LogP contribution is -2.23. The largest absolute Gasteiger partial charge is 0.398 e. The molecule has 1 aromatic carbocycles. The Morgan fingerprint density at radius 2 is 2.00 bits per heavy atom. The van der Waals surface area contributed by atoms with E-state index in [4.69, 9.17) is 10.5 Å². The number of sulfonamides is 1. The van der Waals surface area contributed by atoms with Crippen molar-refractivity contribution in [2.75, 3.05) is 12.3 Å². The second-order valence-electron chi connectivity index (χ2n) is 4.43. The Morgan fingerprint density at radius 3 is 2.62 bits per heavy atom. The molecule has 7 heteroatoms. The molecule has 1 aromatic heterocycles. The Bertz CT molecular complexity index is 696. The van der Waals surface area contributed by atoms with Crippen molar-refractivity contribution in [2.45, 2.75) is 24.3 Å². The maximum atomic E-state index is 12.2. The van der Waals surface area contributed by atoms with Crippen molar-refractivity contribution < 1.29 is 13.2 Å². The number of hydrogen-bond acceptors (Lipinski definition) is 5. The summed E-state index contributed by atoms with van der Waals surface area (Å²) in [5, 5.41) is 1.61. The number of nitrogens with one attached hydrogen (secondary N) is 1. The van der Waals surface area contributed by atoms with E-state index in [1.807, 2.05) is 31.2 Å². The van der Waals surface area contributed by atoms with Gasteiger partial charge in [-0.2, -0.15) is 0 Å². The highest BCUT2D eigenvalue weighted by atomic mass is 32.2. The molecule has 0 atom stereocenters. The number of ether oxygens (including phenoxy) is 1. The molecule has 0 bridgehead atoms. The van der Waals surface area contributed by atoms with Crippen molar-refractivity contribution in [1.82, 2.24) is 4.72 Å². The quantitative estimate of drug-likeness (QED) is 0.818. The van der Waals surface area contributed by atoms with Crippen LogP contribution in [-0.2, 0) is 27.9 Å². The second kappa shape index (κ2) is 7.04. The lowest BCUT2D eigenvalue weighted by molar-refractivity contribution is 0.133. The molecule has 0 saturated heterocycles. The minimum atomic E-state index is -3.53. The Labute approximate surface area is 128 Å². The predicted octanol–water partition coefficient (Wildman–Crippen LogP) is 2.35. The Kier molecular flexibility index (Phi) is 5.35. The molecule has 21 heavy (non-hydrogen) atoms. The molecular weight excluding hydrogens is 308 g/mol. The van der Waals surface area contributed by atoms with E-state index in [-0.39, 0.29) is 10.8 Å². The van der Waals surface area contributed by atoms with E-state index in [1.165, 1.54) is 6.07 Å². The van der Waals surface area contributed by atoms with E-state index in [0.29, 0.717) is 18.9 Å². The van der Waals surface area contributed by atoms with Gasteiger partial charge in [-0.15, -0.1) is 11.3 Å². The highest BCUT2D eigenvalue weighted by Gasteiger charge is 2.16. The van der Waals surface area contributed by atoms with Crippen molar-refractivity contribution in [3.63, 3.8) is 0 Å². The summed E-state index contributed by atoms with van der Waals surface area (Å²) in [6.07, 6.45) is 0. The Hall–Kier alpha value is -1.41. The zero-order valence-electron chi connectivity index (χ0n) is 11.7. The number of benzene rings is 1. The van der Waals surface area contributed by atoms with Crippen molar-refractivity contribution in [3.05, 3.63) is 46.8 Å². The first-order chi connectivity index (χ1) is 10.0. The molecule has 0 spiro atoms. The van der Waals surface area contributed by atoms with Gasteiger partial charge in [0.05, 0.1) is 6.61 Å². The molecule has 0 unspecified atom stereocenters. The van der Waals surface area contributed by atoms with Crippen LogP contribution in [0.4, 0.5) is 5.69 Å². The van der Waals surface area contributed by atoms with Crippen LogP contribution in [0, 0.1) is 0 Å². The van der Waals surface area contributed by atoms with Crippen molar-refractivity contribution >= 4 is 27.0 Å². The molecule has 0 radical (unpaired) electrons. The summed E-state index contributed by atoms with van der Waals surface area (Å²) in [4.78, 5) is 0. The summed E-state index contributed by atoms with van der Waals surface area (Å²) in [6, 6.07) is 9.07. The summed E-state index contributed by atoms with van der Waals surface area (Å²) in [5.74, 6) is 0. The Balaban J connectivity index is 2.09. The van der Waals surface area contributed by atoms with E-state index >= 15 is 0 Å². The van der Waals surface area contributed by atoms with Crippen molar-refractivity contribution in [1.29, 1.82) is 0 Å². The highest BCUT2D eigenvalue weighted by molar-refractivity contribution is 7.91. The van der Waals surface area contributed by atoms with Crippen LogP contribution in [0.1, 0.15) is 18.1 Å². The lowest BCUT2D eigenvalue weighted by atomic mass is 10.1. The number of anilines is 1. The first kappa shape index (κ1) is 16.0. The number of nitrogen functional groups attached to an aromatic ring is 1. The molecule has 0 amide bonds. The molecule has 0 aliphatic carbocycles. The van der Waals surface area contributed by atoms with E-state index in [2.05, 4.69) is 4.72 Å². The minimum absolute atomic E-state index is 0.224. The summed E-state index contributed by atoms with van der Waals surface area (Å²) < 4.78 is 32.5. The topological polar surface area (TPSA) is 81.4 Å². The number of nitrogens with two attached hydrogens (primary N) is 1. The van der Waals surface area contributed by atoms with Gasteiger partial charge in [-0.25, -0.2) is 13.1 Å². The molecule has 114 valence electrons. The van der Waals surface area contributed by atoms with Crippen LogP contribution >= 0.6 is 11.3 Å². The van der Waals surface area contributed by atoms with Crippen LogP contribution in [0.15, 0.2) is 39.9 Å². The van der Waals surface area contributed by atoms with Gasteiger partial charge in [-0.1, -0.05) is 24.3 Å². The van der Waals surface area contributed by atoms with Crippen molar-refractivity contribution in [3.8, 4) is 0 Å². The van der Waals surface area contributed by atoms with E-state index in [0.717, 1.165) is 22.5 Å². The summed E-state index contributed by atoms with van der Waals surface area (Å²) >= 11 is 1.11. The van der Waals surface area contributed by atoms with Gasteiger partial charge in [0.1, 0.15) is 4.21 Å². The molecule has 3 N–H and O–H groups in total. The summed E-state index contributed by atoms with van der Waals surface area (Å²) in [5.41, 5.74) is 7.90. The maximum Gasteiger partial charge on any atom is 0.250 e. The maximum absolute atomic E-state index is 12.2. The molecule has 1 heterocycles. The monoisotopic (exact) mass is 326 g/mol. The zero-order chi connectivity index (χ0) is 15.3. The first-order valence-corrected chi connectivity index (χ1v) is 8.87. The van der Waals surface area contributed by atoms with Crippen LogP contribution < -0.4 is 10.5 Å². The summed E-state index contributed by atoms with van der Waals surface area (Å²) in [7, 11) is -3.53. The zero-order valence-corrected chi connectivity index (χ0v) is 13.3. The molecule has 0 fully saturated rings. The van der Waals surface area contributed by atoms with Gasteiger partial charge < -0.3 is 10.5 Å². The standard InChI is InChI=1S/C14H18N2O3S2/c1-2-19-9-12-6-4-3-5-11(12)8-16-21(17,18)14-7-13(15)10-20-14/h3-7,10,16H,2,8-9,15H2,1H3. The van der Waals surface area contributed by atoms with Gasteiger partial charge in [0.2, 0.25) is 10.0 Å². The van der Waals surface area contributed by atoms with Gasteiger partial charge in [-0.05, 0) is 24.1 Å². The third-order valence-corrected chi connectivity index (χ3v) is 5.75. The van der Waals surface area contributed by atoms with Gasteiger partial charge in [0.15, 0.2) is 0 Å². The number of hydrogen-bond donors (Lipinski definition) is 2. The fourth-order valence-electron chi connectivity index (χ4n) is 1.80. The molecule has 0 saturated carbocycles. The normalized spacial score (nSPS) is 11.7. The van der Waals surface area contributed by atoms with Gasteiger partial charge >= 0.3 is 0 Å². The third-order valence-electron chi connectivity index (χ3n) is 2.89. The average molecular weight is 326 g/mol.